The normalized spacial score (nSPS) is 10.8. The molecule has 5 nitrogen and oxygen atoms in total. The van der Waals surface area contributed by atoms with Crippen molar-refractivity contribution in [2.75, 3.05) is 0 Å². The van der Waals surface area contributed by atoms with E-state index >= 15 is 0 Å². The third kappa shape index (κ3) is 2.22. The largest absolute Gasteiger partial charge is 0.508 e. The first-order valence-electron chi connectivity index (χ1n) is 6.57. The van der Waals surface area contributed by atoms with Gasteiger partial charge in [0.25, 0.3) is 0 Å². The number of fused-ring (bicyclic) bond motifs is 1. The van der Waals surface area contributed by atoms with Crippen LogP contribution in [0.15, 0.2) is 51.7 Å². The maximum atomic E-state index is 12.6. The van der Waals surface area contributed by atoms with Gasteiger partial charge in [-0.05, 0) is 48.9 Å². The van der Waals surface area contributed by atoms with Crippen molar-refractivity contribution in [3.05, 3.63) is 69.6 Å². The van der Waals surface area contributed by atoms with Gasteiger partial charge in [0, 0.05) is 17.0 Å². The molecule has 0 aliphatic heterocycles. The summed E-state index contributed by atoms with van der Waals surface area (Å²) < 4.78 is 5.14. The Balaban J connectivity index is 2.30. The second kappa shape index (κ2) is 5.04. The van der Waals surface area contributed by atoms with Crippen molar-refractivity contribution in [1.29, 1.82) is 0 Å². The fraction of sp³-hybridized carbons (Fsp3) is 0.0588. The van der Waals surface area contributed by atoms with Gasteiger partial charge in [-0.15, -0.1) is 0 Å². The van der Waals surface area contributed by atoms with Gasteiger partial charge in [-0.1, -0.05) is 0 Å². The molecule has 22 heavy (non-hydrogen) atoms. The first-order valence-corrected chi connectivity index (χ1v) is 6.57. The third-order valence-corrected chi connectivity index (χ3v) is 3.45. The summed E-state index contributed by atoms with van der Waals surface area (Å²) in [6, 6.07) is 9.93. The Labute approximate surface area is 125 Å². The van der Waals surface area contributed by atoms with Gasteiger partial charge in [0.2, 0.25) is 5.78 Å². The predicted molar refractivity (Wildman–Crippen MR) is 80.4 cm³/mol. The monoisotopic (exact) mass is 296 g/mol. The molecule has 0 saturated heterocycles. The lowest BCUT2D eigenvalue weighted by Crippen LogP contribution is -2.06. The molecule has 0 atom stereocenters. The summed E-state index contributed by atoms with van der Waals surface area (Å²) in [5.41, 5.74) is 0.332. The van der Waals surface area contributed by atoms with E-state index in [0.29, 0.717) is 10.9 Å². The predicted octanol–water partition coefficient (Wildman–Crippen LogP) is 2.74. The van der Waals surface area contributed by atoms with Gasteiger partial charge in [-0.25, -0.2) is 4.79 Å². The van der Waals surface area contributed by atoms with Crippen LogP contribution in [-0.2, 0) is 0 Å². The van der Waals surface area contributed by atoms with Gasteiger partial charge in [-0.2, -0.15) is 0 Å². The molecule has 1 heterocycles. The Morgan fingerprint density at radius 1 is 1.05 bits per heavy atom. The molecule has 1 aromatic heterocycles. The topological polar surface area (TPSA) is 87.7 Å². The molecule has 3 rings (SSSR count). The van der Waals surface area contributed by atoms with E-state index in [4.69, 9.17) is 4.42 Å². The Bertz CT molecular complexity index is 936. The molecule has 0 unspecified atom stereocenters. The van der Waals surface area contributed by atoms with Crippen LogP contribution in [0.5, 0.6) is 11.5 Å². The molecule has 5 heteroatoms. The molecule has 0 bridgehead atoms. The number of aromatic hydroxyl groups is 2. The second-order valence-electron chi connectivity index (χ2n) is 4.96. The molecule has 0 amide bonds. The number of ketones is 1. The van der Waals surface area contributed by atoms with Crippen LogP contribution in [0, 0.1) is 6.92 Å². The van der Waals surface area contributed by atoms with Gasteiger partial charge in [0.1, 0.15) is 17.1 Å². The van der Waals surface area contributed by atoms with E-state index in [2.05, 4.69) is 0 Å². The van der Waals surface area contributed by atoms with Crippen LogP contribution in [0.4, 0.5) is 0 Å². The van der Waals surface area contributed by atoms with E-state index in [1.165, 1.54) is 36.4 Å². The highest BCUT2D eigenvalue weighted by atomic mass is 16.4. The van der Waals surface area contributed by atoms with Gasteiger partial charge in [0.15, 0.2) is 5.58 Å². The fourth-order valence-corrected chi connectivity index (χ4v) is 2.35. The molecule has 3 aromatic rings. The van der Waals surface area contributed by atoms with E-state index in [1.807, 2.05) is 0 Å². The van der Waals surface area contributed by atoms with Crippen molar-refractivity contribution in [1.82, 2.24) is 0 Å². The second-order valence-corrected chi connectivity index (χ2v) is 4.96. The minimum absolute atomic E-state index is 0.0288. The summed E-state index contributed by atoms with van der Waals surface area (Å²) in [4.78, 5) is 24.2. The fourth-order valence-electron chi connectivity index (χ4n) is 2.35. The average molecular weight is 296 g/mol. The zero-order chi connectivity index (χ0) is 15.9. The van der Waals surface area contributed by atoms with Crippen LogP contribution in [-0.4, -0.2) is 16.0 Å². The van der Waals surface area contributed by atoms with Gasteiger partial charge in [-0.3, -0.25) is 4.79 Å². The number of phenols is 2. The standard InChI is InChI=1S/C17H12O5/c1-9-8-14(20)22-17-12(9)6-7-13(19)15(17)16(21)10-2-4-11(18)5-3-10/h2-8,18-19H,1H3. The summed E-state index contributed by atoms with van der Waals surface area (Å²) in [5, 5.41) is 19.9. The highest BCUT2D eigenvalue weighted by molar-refractivity contribution is 6.17. The molecule has 0 aliphatic rings. The highest BCUT2D eigenvalue weighted by Crippen LogP contribution is 2.30. The molecular formula is C17H12O5. The summed E-state index contributed by atoms with van der Waals surface area (Å²) in [6.07, 6.45) is 0. The quantitative estimate of drug-likeness (QED) is 0.561. The van der Waals surface area contributed by atoms with Crippen LogP contribution < -0.4 is 5.63 Å². The Kier molecular flexibility index (Phi) is 3.18. The van der Waals surface area contributed by atoms with Crippen molar-refractivity contribution < 1.29 is 19.4 Å². The van der Waals surface area contributed by atoms with Crippen LogP contribution in [0.1, 0.15) is 21.5 Å². The lowest BCUT2D eigenvalue weighted by molar-refractivity contribution is 0.103. The molecule has 0 radical (unpaired) electrons. The van der Waals surface area contributed by atoms with Gasteiger partial charge in [0.05, 0.1) is 0 Å². The van der Waals surface area contributed by atoms with Crippen molar-refractivity contribution in [3.8, 4) is 11.5 Å². The Morgan fingerprint density at radius 3 is 2.41 bits per heavy atom. The summed E-state index contributed by atoms with van der Waals surface area (Å²) in [7, 11) is 0. The van der Waals surface area contributed by atoms with Gasteiger partial charge < -0.3 is 14.6 Å². The van der Waals surface area contributed by atoms with E-state index in [9.17, 15) is 19.8 Å². The van der Waals surface area contributed by atoms with Crippen molar-refractivity contribution in [2.45, 2.75) is 6.92 Å². The molecular weight excluding hydrogens is 284 g/mol. The number of benzene rings is 2. The molecule has 0 spiro atoms. The van der Waals surface area contributed by atoms with Crippen LogP contribution in [0.25, 0.3) is 11.0 Å². The van der Waals surface area contributed by atoms with Crippen molar-refractivity contribution in [2.24, 2.45) is 0 Å². The summed E-state index contributed by atoms with van der Waals surface area (Å²) in [5.74, 6) is -0.725. The maximum Gasteiger partial charge on any atom is 0.336 e. The number of rotatable bonds is 2. The highest BCUT2D eigenvalue weighted by Gasteiger charge is 2.20. The lowest BCUT2D eigenvalue weighted by atomic mass is 9.98. The van der Waals surface area contributed by atoms with Crippen LogP contribution >= 0.6 is 0 Å². The number of carbonyl (C=O) groups excluding carboxylic acids is 1. The smallest absolute Gasteiger partial charge is 0.336 e. The van der Waals surface area contributed by atoms with E-state index in [0.717, 1.165) is 0 Å². The first kappa shape index (κ1) is 13.9. The molecule has 0 aliphatic carbocycles. The minimum atomic E-state index is -0.588. The van der Waals surface area contributed by atoms with Crippen LogP contribution in [0.2, 0.25) is 0 Å². The number of aryl methyl sites for hydroxylation is 1. The SMILES string of the molecule is Cc1cc(=O)oc2c(C(=O)c3ccc(O)cc3)c(O)ccc12. The summed E-state index contributed by atoms with van der Waals surface area (Å²) >= 11 is 0. The van der Waals surface area contributed by atoms with Crippen LogP contribution in [0.3, 0.4) is 0 Å². The molecule has 110 valence electrons. The minimum Gasteiger partial charge on any atom is -0.508 e. The molecule has 2 N–H and O–H groups in total. The van der Waals surface area contributed by atoms with Crippen molar-refractivity contribution >= 4 is 16.8 Å². The zero-order valence-corrected chi connectivity index (χ0v) is 11.7. The van der Waals surface area contributed by atoms with Gasteiger partial charge >= 0.3 is 5.63 Å². The number of phenolic OH excluding ortho intramolecular Hbond substituents is 2. The van der Waals surface area contributed by atoms with E-state index in [-0.39, 0.29) is 28.2 Å². The van der Waals surface area contributed by atoms with E-state index < -0.39 is 11.4 Å². The molecule has 0 fully saturated rings. The zero-order valence-electron chi connectivity index (χ0n) is 11.7. The molecule has 2 aromatic carbocycles. The lowest BCUT2D eigenvalue weighted by Gasteiger charge is -2.08. The number of carbonyl (C=O) groups is 1. The van der Waals surface area contributed by atoms with Crippen molar-refractivity contribution in [3.63, 3.8) is 0 Å². The third-order valence-electron chi connectivity index (χ3n) is 3.45. The maximum absolute atomic E-state index is 12.6. The Hall–Kier alpha value is -3.08. The van der Waals surface area contributed by atoms with E-state index in [1.54, 1.807) is 13.0 Å². The summed E-state index contributed by atoms with van der Waals surface area (Å²) in [6.45, 7) is 1.73. The molecule has 0 saturated carbocycles. The number of hydrogen-bond acceptors (Lipinski definition) is 5. The average Bonchev–Trinajstić information content (AvgIpc) is 2.47. The first-order chi connectivity index (χ1) is 10.5. The Morgan fingerprint density at radius 2 is 1.73 bits per heavy atom. The number of hydrogen-bond donors (Lipinski definition) is 2.